The largest absolute Gasteiger partial charge is 0.310 e. The highest BCUT2D eigenvalue weighted by Crippen LogP contribution is 2.23. The predicted octanol–water partition coefficient (Wildman–Crippen LogP) is 3.73. The first-order chi connectivity index (χ1) is 8.81. The molecule has 18 heavy (non-hydrogen) atoms. The molecule has 0 aliphatic heterocycles. The molecule has 0 amide bonds. The van der Waals surface area contributed by atoms with Crippen molar-refractivity contribution in [3.05, 3.63) is 52.0 Å². The van der Waals surface area contributed by atoms with Crippen molar-refractivity contribution in [2.75, 3.05) is 6.54 Å². The molecule has 0 radical (unpaired) electrons. The number of nitrogens with zero attached hydrogens (tertiary/aromatic N) is 1. The molecular formula is C15H20N2S. The Morgan fingerprint density at radius 2 is 2.28 bits per heavy atom. The van der Waals surface area contributed by atoms with Crippen molar-refractivity contribution in [1.82, 2.24) is 10.3 Å². The zero-order valence-corrected chi connectivity index (χ0v) is 11.8. The van der Waals surface area contributed by atoms with Crippen LogP contribution in [0.2, 0.25) is 0 Å². The van der Waals surface area contributed by atoms with Gasteiger partial charge in [-0.25, -0.2) is 0 Å². The third-order valence-electron chi connectivity index (χ3n) is 3.08. The topological polar surface area (TPSA) is 24.9 Å². The summed E-state index contributed by atoms with van der Waals surface area (Å²) in [6.45, 7) is 5.40. The quantitative estimate of drug-likeness (QED) is 0.856. The molecule has 2 rings (SSSR count). The van der Waals surface area contributed by atoms with Crippen LogP contribution in [0, 0.1) is 6.92 Å². The van der Waals surface area contributed by atoms with Gasteiger partial charge in [-0.1, -0.05) is 13.0 Å². The molecule has 0 saturated carbocycles. The molecule has 1 unspecified atom stereocenters. The highest BCUT2D eigenvalue weighted by molar-refractivity contribution is 7.09. The minimum Gasteiger partial charge on any atom is -0.310 e. The number of aromatic nitrogens is 1. The molecule has 1 atom stereocenters. The molecule has 2 nitrogen and oxygen atoms in total. The molecule has 1 N–H and O–H groups in total. The van der Waals surface area contributed by atoms with E-state index in [0.717, 1.165) is 19.4 Å². The number of rotatable bonds is 6. The van der Waals surface area contributed by atoms with E-state index in [9.17, 15) is 0 Å². The van der Waals surface area contributed by atoms with Crippen molar-refractivity contribution >= 4 is 11.3 Å². The summed E-state index contributed by atoms with van der Waals surface area (Å²) in [5.41, 5.74) is 2.63. The fraction of sp³-hybridized carbons (Fsp3) is 0.400. The van der Waals surface area contributed by atoms with E-state index < -0.39 is 0 Å². The first-order valence-electron chi connectivity index (χ1n) is 6.47. The Hall–Kier alpha value is -1.19. The second-order valence-corrected chi connectivity index (χ2v) is 5.55. The molecule has 0 fully saturated rings. The van der Waals surface area contributed by atoms with E-state index in [2.05, 4.69) is 47.7 Å². The van der Waals surface area contributed by atoms with Gasteiger partial charge in [0.2, 0.25) is 0 Å². The molecule has 0 saturated heterocycles. The maximum atomic E-state index is 4.27. The van der Waals surface area contributed by atoms with Crippen LogP contribution in [0.4, 0.5) is 0 Å². The van der Waals surface area contributed by atoms with Gasteiger partial charge >= 0.3 is 0 Å². The van der Waals surface area contributed by atoms with E-state index in [1.807, 2.05) is 23.7 Å². The summed E-state index contributed by atoms with van der Waals surface area (Å²) in [7, 11) is 0. The fourth-order valence-electron chi connectivity index (χ4n) is 2.08. The van der Waals surface area contributed by atoms with E-state index in [1.165, 1.54) is 16.0 Å². The van der Waals surface area contributed by atoms with E-state index in [-0.39, 0.29) is 0 Å². The van der Waals surface area contributed by atoms with Gasteiger partial charge in [-0.3, -0.25) is 4.98 Å². The second-order valence-electron chi connectivity index (χ2n) is 4.52. The molecule has 2 aromatic rings. The molecule has 0 aliphatic rings. The Kier molecular flexibility index (Phi) is 4.90. The fourth-order valence-corrected chi connectivity index (χ4v) is 2.83. The summed E-state index contributed by atoms with van der Waals surface area (Å²) >= 11 is 1.82. The Balaban J connectivity index is 2.16. The lowest BCUT2D eigenvalue weighted by molar-refractivity contribution is 0.528. The molecule has 0 aliphatic carbocycles. The highest BCUT2D eigenvalue weighted by Gasteiger charge is 2.14. The minimum absolute atomic E-state index is 0.372. The van der Waals surface area contributed by atoms with Gasteiger partial charge in [0.1, 0.15) is 0 Å². The summed E-state index contributed by atoms with van der Waals surface area (Å²) in [5.74, 6) is 0. The maximum Gasteiger partial charge on any atom is 0.0386 e. The molecule has 0 bridgehead atoms. The summed E-state index contributed by atoms with van der Waals surface area (Å²) in [6, 6.07) is 6.78. The van der Waals surface area contributed by atoms with Crippen molar-refractivity contribution < 1.29 is 0 Å². The first kappa shape index (κ1) is 13.2. The van der Waals surface area contributed by atoms with Gasteiger partial charge in [-0.15, -0.1) is 11.3 Å². The zero-order chi connectivity index (χ0) is 12.8. The second kappa shape index (κ2) is 6.66. The Labute approximate surface area is 113 Å². The Morgan fingerprint density at radius 1 is 1.39 bits per heavy atom. The Bertz CT molecular complexity index is 465. The molecule has 96 valence electrons. The van der Waals surface area contributed by atoms with E-state index >= 15 is 0 Å². The Morgan fingerprint density at radius 3 is 2.94 bits per heavy atom. The number of pyridine rings is 1. The summed E-state index contributed by atoms with van der Waals surface area (Å²) in [6.07, 6.45) is 6.06. The smallest absolute Gasteiger partial charge is 0.0386 e. The highest BCUT2D eigenvalue weighted by atomic mass is 32.1. The van der Waals surface area contributed by atoms with Crippen LogP contribution in [0.15, 0.2) is 36.0 Å². The number of aryl methyl sites for hydroxylation is 1. The third-order valence-corrected chi connectivity index (χ3v) is 3.98. The number of hydrogen-bond acceptors (Lipinski definition) is 3. The van der Waals surface area contributed by atoms with Gasteiger partial charge in [-0.2, -0.15) is 0 Å². The zero-order valence-electron chi connectivity index (χ0n) is 11.0. The van der Waals surface area contributed by atoms with Crippen LogP contribution < -0.4 is 5.32 Å². The molecule has 0 aromatic carbocycles. The maximum absolute atomic E-state index is 4.27. The standard InChI is InChI=1S/C15H20N2S/c1-3-7-17-15(10-13-5-4-9-18-13)14-11-16-8-6-12(14)2/h4-6,8-9,11,15,17H,3,7,10H2,1-2H3. The molecule has 2 heterocycles. The van der Waals surface area contributed by atoms with Gasteiger partial charge in [0.05, 0.1) is 0 Å². The summed E-state index contributed by atoms with van der Waals surface area (Å²) < 4.78 is 0. The number of thiophene rings is 1. The van der Waals surface area contributed by atoms with Crippen LogP contribution in [0.25, 0.3) is 0 Å². The first-order valence-corrected chi connectivity index (χ1v) is 7.35. The van der Waals surface area contributed by atoms with Crippen LogP contribution in [0.3, 0.4) is 0 Å². The predicted molar refractivity (Wildman–Crippen MR) is 78.0 cm³/mol. The van der Waals surface area contributed by atoms with Gasteiger partial charge < -0.3 is 5.32 Å². The summed E-state index contributed by atoms with van der Waals surface area (Å²) in [4.78, 5) is 5.69. The number of hydrogen-bond donors (Lipinski definition) is 1. The van der Waals surface area contributed by atoms with Gasteiger partial charge in [0, 0.05) is 29.7 Å². The summed E-state index contributed by atoms with van der Waals surface area (Å²) in [5, 5.41) is 5.77. The van der Waals surface area contributed by atoms with Crippen molar-refractivity contribution in [3.8, 4) is 0 Å². The lowest BCUT2D eigenvalue weighted by Crippen LogP contribution is -2.24. The molecular weight excluding hydrogens is 240 g/mol. The van der Waals surface area contributed by atoms with E-state index in [1.54, 1.807) is 0 Å². The van der Waals surface area contributed by atoms with Crippen LogP contribution in [-0.2, 0) is 6.42 Å². The van der Waals surface area contributed by atoms with Crippen LogP contribution in [0.5, 0.6) is 0 Å². The van der Waals surface area contributed by atoms with Crippen LogP contribution in [-0.4, -0.2) is 11.5 Å². The van der Waals surface area contributed by atoms with Crippen LogP contribution >= 0.6 is 11.3 Å². The van der Waals surface area contributed by atoms with Gasteiger partial charge in [0.15, 0.2) is 0 Å². The van der Waals surface area contributed by atoms with Crippen molar-refractivity contribution in [2.24, 2.45) is 0 Å². The monoisotopic (exact) mass is 260 g/mol. The minimum atomic E-state index is 0.372. The van der Waals surface area contributed by atoms with E-state index in [4.69, 9.17) is 0 Å². The van der Waals surface area contributed by atoms with Gasteiger partial charge in [-0.05, 0) is 48.5 Å². The van der Waals surface area contributed by atoms with Crippen molar-refractivity contribution in [3.63, 3.8) is 0 Å². The lowest BCUT2D eigenvalue weighted by Gasteiger charge is -2.19. The van der Waals surface area contributed by atoms with Crippen molar-refractivity contribution in [2.45, 2.75) is 32.7 Å². The molecule has 2 aromatic heterocycles. The SMILES string of the molecule is CCCNC(Cc1cccs1)c1cnccc1C. The van der Waals surface area contributed by atoms with Gasteiger partial charge in [0.25, 0.3) is 0 Å². The lowest BCUT2D eigenvalue weighted by atomic mass is 10.0. The number of nitrogens with one attached hydrogen (secondary N) is 1. The molecule has 0 spiro atoms. The normalized spacial score (nSPS) is 12.6. The third kappa shape index (κ3) is 3.40. The van der Waals surface area contributed by atoms with Crippen molar-refractivity contribution in [1.29, 1.82) is 0 Å². The van der Waals surface area contributed by atoms with E-state index in [0.29, 0.717) is 6.04 Å². The van der Waals surface area contributed by atoms with Crippen LogP contribution in [0.1, 0.15) is 35.4 Å². The molecule has 3 heteroatoms. The average molecular weight is 260 g/mol. The average Bonchev–Trinajstić information content (AvgIpc) is 2.88.